The smallest absolute Gasteiger partial charge is 0.311 e. The molecule has 0 saturated carbocycles. The Hall–Kier alpha value is -4.12. The highest BCUT2D eigenvalue weighted by Gasteiger charge is 2.24. The molecule has 0 unspecified atom stereocenters. The van der Waals surface area contributed by atoms with Crippen molar-refractivity contribution in [1.82, 2.24) is 0 Å². The summed E-state index contributed by atoms with van der Waals surface area (Å²) in [4.78, 5) is 27.0. The van der Waals surface area contributed by atoms with E-state index in [1.54, 1.807) is 0 Å². The monoisotopic (exact) mass is 818 g/mol. The van der Waals surface area contributed by atoms with Crippen molar-refractivity contribution in [2.45, 2.75) is 142 Å². The van der Waals surface area contributed by atoms with Gasteiger partial charge in [-0.2, -0.15) is 0 Å². The van der Waals surface area contributed by atoms with Gasteiger partial charge in [-0.05, 0) is 81.9 Å². The van der Waals surface area contributed by atoms with Gasteiger partial charge in [-0.3, -0.25) is 9.59 Å². The van der Waals surface area contributed by atoms with Crippen LogP contribution in [-0.2, 0) is 9.59 Å². The molecule has 0 amide bonds. The van der Waals surface area contributed by atoms with Crippen molar-refractivity contribution in [3.05, 3.63) is 95.0 Å². The Morgan fingerprint density at radius 2 is 0.707 bits per heavy atom. The number of unbranched alkanes of at least 4 members (excludes halogenated alkanes) is 16. The molecule has 0 heterocycles. The van der Waals surface area contributed by atoms with Gasteiger partial charge in [0.15, 0.2) is 0 Å². The van der Waals surface area contributed by atoms with Crippen LogP contribution in [-0.4, -0.2) is 11.9 Å². The summed E-state index contributed by atoms with van der Waals surface area (Å²) in [5.41, 5.74) is 1.89. The van der Waals surface area contributed by atoms with Crippen molar-refractivity contribution < 1.29 is 19.1 Å². The molecular weight excluding hydrogens is 759 g/mol. The van der Waals surface area contributed by atoms with Gasteiger partial charge in [-0.1, -0.05) is 188 Å². The Balaban J connectivity index is 1.33. The molecule has 0 radical (unpaired) electrons. The fourth-order valence-corrected chi connectivity index (χ4v) is 8.81. The van der Waals surface area contributed by atoms with Gasteiger partial charge in [-0.25, -0.2) is 0 Å². The third-order valence-electron chi connectivity index (χ3n) is 11.5. The van der Waals surface area contributed by atoms with Crippen LogP contribution in [0.5, 0.6) is 11.5 Å². The first kappa shape index (κ1) is 43.5. The summed E-state index contributed by atoms with van der Waals surface area (Å²) in [6.07, 6.45) is 22.0. The number of carbonyl (C=O) groups is 2. The molecule has 6 aromatic rings. The lowest BCUT2D eigenvalue weighted by Crippen LogP contribution is -2.09. The van der Waals surface area contributed by atoms with E-state index in [1.807, 2.05) is 72.8 Å². The van der Waals surface area contributed by atoms with Crippen LogP contribution < -0.4 is 9.47 Å². The van der Waals surface area contributed by atoms with Crippen molar-refractivity contribution in [3.8, 4) is 22.6 Å². The number of ether oxygens (including phenoxy) is 2. The highest BCUT2D eigenvalue weighted by molar-refractivity contribution is 6.34. The summed E-state index contributed by atoms with van der Waals surface area (Å²) in [5, 5.41) is 7.98. The third kappa shape index (κ3) is 11.1. The molecule has 0 aliphatic rings. The van der Waals surface area contributed by atoms with Crippen molar-refractivity contribution in [3.63, 3.8) is 0 Å². The molecule has 306 valence electrons. The normalized spacial score (nSPS) is 11.6. The molecule has 6 rings (SSSR count). The summed E-state index contributed by atoms with van der Waals surface area (Å²) in [7, 11) is 0. The molecule has 0 atom stereocenters. The molecule has 4 nitrogen and oxygen atoms in total. The van der Waals surface area contributed by atoms with Gasteiger partial charge in [0.2, 0.25) is 0 Å². The molecule has 6 aromatic carbocycles. The van der Waals surface area contributed by atoms with Gasteiger partial charge >= 0.3 is 11.9 Å². The standard InChI is InChI=1S/C52H60Cl2O4/c1-3-5-7-9-11-13-15-17-19-29-47(55)57-51-41-27-23-21-25-39(41)49(45-35-37(53)31-33-43(45)51)50-40-26-22-24-28-42(40)52(44-34-32-38(54)36-46(44)50)58-48(56)30-20-18-16-14-12-10-8-6-4-2/h21-28,31-36H,3-20,29-30H2,1-2H3. The van der Waals surface area contributed by atoms with E-state index in [-0.39, 0.29) is 11.9 Å². The SMILES string of the molecule is CCCCCCCCCCCC(=O)Oc1c2ccccc2c(-c2c3ccccc3c(OC(=O)CCCCCCCCCCC)c3ccc(Cl)cc23)c2cc(Cl)ccc12. The highest BCUT2D eigenvalue weighted by Crippen LogP contribution is 2.50. The number of benzene rings is 6. The lowest BCUT2D eigenvalue weighted by Gasteiger charge is -2.21. The fourth-order valence-electron chi connectivity index (χ4n) is 8.47. The molecule has 0 fully saturated rings. The quantitative estimate of drug-likeness (QED) is 0.0280. The largest absolute Gasteiger partial charge is 0.425 e. The Labute approximate surface area is 355 Å². The van der Waals surface area contributed by atoms with E-state index >= 15 is 0 Å². The van der Waals surface area contributed by atoms with Gasteiger partial charge < -0.3 is 9.47 Å². The number of hydrogen-bond donors (Lipinski definition) is 0. The molecular formula is C52H60Cl2O4. The van der Waals surface area contributed by atoms with Gasteiger partial charge in [0.25, 0.3) is 0 Å². The number of fused-ring (bicyclic) bond motifs is 4. The summed E-state index contributed by atoms with van der Waals surface area (Å²) in [5.74, 6) is 0.628. The van der Waals surface area contributed by atoms with Crippen LogP contribution in [0.4, 0.5) is 0 Å². The topological polar surface area (TPSA) is 52.6 Å². The van der Waals surface area contributed by atoms with Crippen molar-refractivity contribution in [2.24, 2.45) is 0 Å². The van der Waals surface area contributed by atoms with E-state index in [9.17, 15) is 9.59 Å². The summed E-state index contributed by atoms with van der Waals surface area (Å²) in [6, 6.07) is 27.7. The fraction of sp³-hybridized carbons (Fsp3) is 0.423. The number of rotatable bonds is 23. The van der Waals surface area contributed by atoms with Gasteiger partial charge in [0.1, 0.15) is 11.5 Å². The number of carbonyl (C=O) groups excluding carboxylic acids is 2. The first-order chi connectivity index (χ1) is 28.4. The van der Waals surface area contributed by atoms with E-state index in [0.717, 1.165) is 92.7 Å². The van der Waals surface area contributed by atoms with Crippen molar-refractivity contribution >= 4 is 78.2 Å². The first-order valence-corrected chi connectivity index (χ1v) is 22.9. The van der Waals surface area contributed by atoms with Gasteiger partial charge in [-0.15, -0.1) is 0 Å². The lowest BCUT2D eigenvalue weighted by atomic mass is 9.85. The predicted molar refractivity (Wildman–Crippen MR) is 247 cm³/mol. The van der Waals surface area contributed by atoms with Crippen molar-refractivity contribution in [1.29, 1.82) is 0 Å². The number of halogens is 2. The zero-order valence-corrected chi connectivity index (χ0v) is 36.1. The van der Waals surface area contributed by atoms with Gasteiger partial charge in [0, 0.05) is 44.4 Å². The Morgan fingerprint density at radius 3 is 1.07 bits per heavy atom. The third-order valence-corrected chi connectivity index (χ3v) is 12.0. The molecule has 0 N–H and O–H groups in total. The van der Waals surface area contributed by atoms with Crippen LogP contribution in [0.25, 0.3) is 54.2 Å². The maximum Gasteiger partial charge on any atom is 0.311 e. The first-order valence-electron chi connectivity index (χ1n) is 22.1. The Bertz CT molecular complexity index is 2150. The van der Waals surface area contributed by atoms with Gasteiger partial charge in [0.05, 0.1) is 0 Å². The Kier molecular flexibility index (Phi) is 16.7. The summed E-state index contributed by atoms with van der Waals surface area (Å²) in [6.45, 7) is 4.49. The van der Waals surface area contributed by atoms with E-state index in [1.165, 1.54) is 77.0 Å². The molecule has 0 aliphatic carbocycles. The molecule has 0 aliphatic heterocycles. The second-order valence-corrected chi connectivity index (χ2v) is 16.9. The molecule has 0 spiro atoms. The minimum Gasteiger partial charge on any atom is -0.425 e. The second kappa shape index (κ2) is 22.3. The van der Waals surface area contributed by atoms with Crippen molar-refractivity contribution in [2.75, 3.05) is 0 Å². The maximum absolute atomic E-state index is 13.5. The number of hydrogen-bond acceptors (Lipinski definition) is 4. The molecule has 0 aromatic heterocycles. The molecule has 0 bridgehead atoms. The minimum absolute atomic E-state index is 0.228. The predicted octanol–water partition coefficient (Wildman–Crippen LogP) is 16.9. The van der Waals surface area contributed by atoms with Crippen LogP contribution >= 0.6 is 23.2 Å². The van der Waals surface area contributed by atoms with E-state index in [4.69, 9.17) is 32.7 Å². The van der Waals surface area contributed by atoms with Crippen LogP contribution in [0, 0.1) is 0 Å². The molecule has 58 heavy (non-hydrogen) atoms. The van der Waals surface area contributed by atoms with Crippen LogP contribution in [0.15, 0.2) is 84.9 Å². The number of esters is 2. The summed E-state index contributed by atoms with van der Waals surface area (Å²) < 4.78 is 12.6. The van der Waals surface area contributed by atoms with E-state index in [2.05, 4.69) is 26.0 Å². The second-order valence-electron chi connectivity index (χ2n) is 16.0. The van der Waals surface area contributed by atoms with E-state index in [0.29, 0.717) is 34.4 Å². The zero-order chi connectivity index (χ0) is 40.7. The van der Waals surface area contributed by atoms with E-state index < -0.39 is 0 Å². The van der Waals surface area contributed by atoms with Crippen LogP contribution in [0.1, 0.15) is 142 Å². The summed E-state index contributed by atoms with van der Waals surface area (Å²) >= 11 is 13.6. The Morgan fingerprint density at radius 1 is 0.397 bits per heavy atom. The van der Waals surface area contributed by atoms with Crippen LogP contribution in [0.3, 0.4) is 0 Å². The van der Waals surface area contributed by atoms with Crippen LogP contribution in [0.2, 0.25) is 10.0 Å². The average Bonchev–Trinajstić information content (AvgIpc) is 3.23. The zero-order valence-electron chi connectivity index (χ0n) is 34.6. The maximum atomic E-state index is 13.5. The lowest BCUT2D eigenvalue weighted by molar-refractivity contribution is -0.135. The molecule has 0 saturated heterocycles. The highest BCUT2D eigenvalue weighted by atomic mass is 35.5. The average molecular weight is 820 g/mol. The minimum atomic E-state index is -0.228. The molecule has 6 heteroatoms.